The van der Waals surface area contributed by atoms with E-state index in [4.69, 9.17) is 5.73 Å². The summed E-state index contributed by atoms with van der Waals surface area (Å²) >= 11 is 2.86. The third-order valence-electron chi connectivity index (χ3n) is 3.96. The van der Waals surface area contributed by atoms with Gasteiger partial charge in [-0.2, -0.15) is 0 Å². The summed E-state index contributed by atoms with van der Waals surface area (Å²) in [6, 6.07) is 6.40. The lowest BCUT2D eigenvalue weighted by molar-refractivity contribution is 0.150. The van der Waals surface area contributed by atoms with E-state index < -0.39 is 24.5 Å². The highest BCUT2D eigenvalue weighted by molar-refractivity contribution is 9.10. The van der Waals surface area contributed by atoms with Crippen molar-refractivity contribution >= 4 is 28.3 Å². The predicted octanol–water partition coefficient (Wildman–Crippen LogP) is 7.12. The summed E-state index contributed by atoms with van der Waals surface area (Å²) in [6.45, 7) is 0. The van der Waals surface area contributed by atoms with Crippen LogP contribution in [0.2, 0.25) is 0 Å². The average Bonchev–Trinajstić information content (AvgIpc) is 3.42. The normalized spacial score (nSPS) is 14.4. The fraction of sp³-hybridized carbons (Fsp3) is 0.333. The molecular formula is C18H17BrClF6N. The van der Waals surface area contributed by atoms with Gasteiger partial charge in [0.2, 0.25) is 0 Å². The Kier molecular flexibility index (Phi) is 9.11. The Morgan fingerprint density at radius 1 is 0.852 bits per heavy atom. The van der Waals surface area contributed by atoms with Gasteiger partial charge in [0, 0.05) is 22.7 Å². The van der Waals surface area contributed by atoms with Crippen molar-refractivity contribution in [1.82, 2.24) is 0 Å². The molecule has 0 amide bonds. The van der Waals surface area contributed by atoms with Crippen molar-refractivity contribution in [1.29, 1.82) is 0 Å². The topological polar surface area (TPSA) is 26.0 Å². The van der Waals surface area contributed by atoms with Gasteiger partial charge in [0.1, 0.15) is 11.6 Å². The van der Waals surface area contributed by atoms with Gasteiger partial charge in [-0.05, 0) is 52.9 Å². The molecule has 1 nitrogen and oxygen atoms in total. The number of halogens is 8. The number of hydrogen-bond acceptors (Lipinski definition) is 1. The van der Waals surface area contributed by atoms with Crippen LogP contribution in [-0.4, -0.2) is 0 Å². The lowest BCUT2D eigenvalue weighted by Crippen LogP contribution is -2.14. The van der Waals surface area contributed by atoms with E-state index in [2.05, 4.69) is 15.9 Å². The van der Waals surface area contributed by atoms with Crippen LogP contribution in [0.5, 0.6) is 0 Å². The minimum atomic E-state index is -2.63. The van der Waals surface area contributed by atoms with Gasteiger partial charge in [-0.15, -0.1) is 12.4 Å². The molecule has 0 aliphatic heterocycles. The molecule has 0 aromatic heterocycles. The molecule has 0 saturated heterocycles. The third-order valence-corrected chi connectivity index (χ3v) is 4.60. The molecule has 1 atom stereocenters. The van der Waals surface area contributed by atoms with E-state index in [1.807, 2.05) is 0 Å². The van der Waals surface area contributed by atoms with Crippen LogP contribution in [0.15, 0.2) is 40.9 Å². The van der Waals surface area contributed by atoms with E-state index in [1.54, 1.807) is 0 Å². The van der Waals surface area contributed by atoms with Crippen LogP contribution in [0.3, 0.4) is 0 Å². The molecule has 1 saturated carbocycles. The van der Waals surface area contributed by atoms with E-state index >= 15 is 0 Å². The molecule has 0 heterocycles. The predicted molar refractivity (Wildman–Crippen MR) is 97.3 cm³/mol. The van der Waals surface area contributed by atoms with E-state index in [1.165, 1.54) is 24.3 Å². The average molecular weight is 477 g/mol. The van der Waals surface area contributed by atoms with Gasteiger partial charge in [-0.3, -0.25) is 0 Å². The molecule has 2 N–H and O–H groups in total. The first-order valence-corrected chi connectivity index (χ1v) is 8.56. The largest absolute Gasteiger partial charge is 0.324 e. The molecule has 2 aromatic carbocycles. The molecule has 9 heteroatoms. The summed E-state index contributed by atoms with van der Waals surface area (Å²) in [7, 11) is 0. The summed E-state index contributed by atoms with van der Waals surface area (Å²) in [4.78, 5) is 0. The molecular weight excluding hydrogens is 460 g/mol. The fourth-order valence-corrected chi connectivity index (χ4v) is 2.55. The van der Waals surface area contributed by atoms with Gasteiger partial charge in [0.15, 0.2) is 0 Å². The van der Waals surface area contributed by atoms with Gasteiger partial charge < -0.3 is 5.73 Å². The van der Waals surface area contributed by atoms with E-state index in [9.17, 15) is 26.3 Å². The van der Waals surface area contributed by atoms with Crippen LogP contribution >= 0.6 is 28.3 Å². The Morgan fingerprint density at radius 2 is 1.33 bits per heavy atom. The summed E-state index contributed by atoms with van der Waals surface area (Å²) in [5, 5.41) is 0. The van der Waals surface area contributed by atoms with Crippen LogP contribution in [0.1, 0.15) is 48.4 Å². The van der Waals surface area contributed by atoms with Crippen LogP contribution in [0.25, 0.3) is 0 Å². The van der Waals surface area contributed by atoms with Gasteiger partial charge in [-0.25, -0.2) is 26.3 Å². The quantitative estimate of drug-likeness (QED) is 0.467. The zero-order valence-corrected chi connectivity index (χ0v) is 16.2. The van der Waals surface area contributed by atoms with Crippen LogP contribution < -0.4 is 5.73 Å². The van der Waals surface area contributed by atoms with Crippen molar-refractivity contribution in [3.05, 3.63) is 69.2 Å². The maximum atomic E-state index is 13.4. The molecule has 2 aromatic rings. The molecule has 150 valence electrons. The minimum Gasteiger partial charge on any atom is -0.324 e. The second-order valence-corrected chi connectivity index (χ2v) is 6.77. The lowest BCUT2D eigenvalue weighted by atomic mass is 10.0. The summed E-state index contributed by atoms with van der Waals surface area (Å²) < 4.78 is 74.5. The maximum absolute atomic E-state index is 13.4. The lowest BCUT2D eigenvalue weighted by Gasteiger charge is -2.12. The minimum absolute atomic E-state index is 0. The number of alkyl halides is 4. The van der Waals surface area contributed by atoms with Crippen LogP contribution in [0, 0.1) is 17.6 Å². The smallest absolute Gasteiger partial charge is 0.263 e. The van der Waals surface area contributed by atoms with Crippen molar-refractivity contribution in [2.45, 2.75) is 31.7 Å². The highest BCUT2D eigenvalue weighted by atomic mass is 79.9. The number of rotatable bonds is 4. The standard InChI is InChI=1S/C11H12F3N.C7H4BrF3.ClH/c12-9-5-7(11(13)14)3-4-8(9)10(15)6-1-2-6;8-5-2-1-4(7(10)11)3-6(5)9;/h3-6,10-11H,1-2,15H2;1-3,7H;1H. The zero-order chi connectivity index (χ0) is 19.4. The van der Waals surface area contributed by atoms with Crippen molar-refractivity contribution in [2.24, 2.45) is 11.7 Å². The second-order valence-electron chi connectivity index (χ2n) is 5.92. The first kappa shape index (κ1) is 23.8. The number of benzene rings is 2. The first-order chi connectivity index (χ1) is 12.2. The second kappa shape index (κ2) is 10.3. The third kappa shape index (κ3) is 6.69. The molecule has 0 spiro atoms. The van der Waals surface area contributed by atoms with E-state index in [0.29, 0.717) is 11.5 Å². The Bertz CT molecular complexity index is 755. The molecule has 1 unspecified atom stereocenters. The number of nitrogens with two attached hydrogens (primary N) is 1. The van der Waals surface area contributed by atoms with Crippen molar-refractivity contribution < 1.29 is 26.3 Å². The van der Waals surface area contributed by atoms with Crippen molar-refractivity contribution in [2.75, 3.05) is 0 Å². The van der Waals surface area contributed by atoms with Crippen molar-refractivity contribution in [3.63, 3.8) is 0 Å². The Hall–Kier alpha value is -1.25. The highest BCUT2D eigenvalue weighted by Gasteiger charge is 2.31. The van der Waals surface area contributed by atoms with Gasteiger partial charge in [0.05, 0.1) is 4.47 Å². The van der Waals surface area contributed by atoms with Crippen LogP contribution in [0.4, 0.5) is 26.3 Å². The summed E-state index contributed by atoms with van der Waals surface area (Å²) in [6.07, 6.45) is -3.25. The highest BCUT2D eigenvalue weighted by Crippen LogP contribution is 2.40. The van der Waals surface area contributed by atoms with E-state index in [0.717, 1.165) is 25.0 Å². The Balaban J connectivity index is 0.000000273. The summed E-state index contributed by atoms with van der Waals surface area (Å²) in [5.74, 6) is -0.966. The fourth-order valence-electron chi connectivity index (χ4n) is 2.31. The molecule has 1 fully saturated rings. The summed E-state index contributed by atoms with van der Waals surface area (Å²) in [5.41, 5.74) is 5.56. The molecule has 0 radical (unpaired) electrons. The molecule has 1 aliphatic carbocycles. The maximum Gasteiger partial charge on any atom is 0.263 e. The van der Waals surface area contributed by atoms with E-state index in [-0.39, 0.29) is 34.0 Å². The number of hydrogen-bond donors (Lipinski definition) is 1. The Morgan fingerprint density at radius 3 is 1.74 bits per heavy atom. The SMILES string of the molecule is Cl.Fc1cc(C(F)F)ccc1Br.NC(c1ccc(C(F)F)cc1F)C1CC1. The molecule has 1 aliphatic rings. The monoisotopic (exact) mass is 475 g/mol. The Labute approximate surface area is 167 Å². The first-order valence-electron chi connectivity index (χ1n) is 7.77. The molecule has 27 heavy (non-hydrogen) atoms. The van der Waals surface area contributed by atoms with Crippen LogP contribution in [-0.2, 0) is 0 Å². The van der Waals surface area contributed by atoms with Gasteiger partial charge in [-0.1, -0.05) is 18.2 Å². The van der Waals surface area contributed by atoms with Crippen molar-refractivity contribution in [3.8, 4) is 0 Å². The zero-order valence-electron chi connectivity index (χ0n) is 13.8. The van der Waals surface area contributed by atoms with Gasteiger partial charge in [0.25, 0.3) is 12.9 Å². The van der Waals surface area contributed by atoms with Gasteiger partial charge >= 0.3 is 0 Å². The molecule has 0 bridgehead atoms. The molecule has 3 rings (SSSR count).